The number of esters is 1. The minimum atomic E-state index is -0.864. The van der Waals surface area contributed by atoms with E-state index >= 15 is 0 Å². The second-order valence-electron chi connectivity index (χ2n) is 4.53. The van der Waals surface area contributed by atoms with Crippen LogP contribution < -0.4 is 5.32 Å². The van der Waals surface area contributed by atoms with Crippen molar-refractivity contribution in [1.29, 1.82) is 0 Å². The molecular formula is C16H15ClN2O3. The minimum Gasteiger partial charge on any atom is -0.449 e. The Morgan fingerprint density at radius 3 is 2.41 bits per heavy atom. The molecule has 1 N–H and O–H groups in total. The van der Waals surface area contributed by atoms with Gasteiger partial charge in [-0.05, 0) is 42.8 Å². The average Bonchev–Trinajstić information content (AvgIpc) is 2.55. The number of benzene rings is 1. The zero-order valence-corrected chi connectivity index (χ0v) is 12.7. The summed E-state index contributed by atoms with van der Waals surface area (Å²) in [6, 6.07) is 9.76. The lowest BCUT2D eigenvalue weighted by Gasteiger charge is -2.16. The van der Waals surface area contributed by atoms with Crippen LogP contribution >= 0.6 is 11.6 Å². The van der Waals surface area contributed by atoms with Gasteiger partial charge in [0, 0.05) is 23.1 Å². The molecule has 6 heteroatoms. The Labute approximate surface area is 133 Å². The fourth-order valence-electron chi connectivity index (χ4n) is 1.76. The van der Waals surface area contributed by atoms with Crippen molar-refractivity contribution in [1.82, 2.24) is 4.98 Å². The maximum Gasteiger partial charge on any atom is 0.339 e. The Morgan fingerprint density at radius 1 is 1.18 bits per heavy atom. The first-order valence-electron chi connectivity index (χ1n) is 6.77. The van der Waals surface area contributed by atoms with Crippen LogP contribution in [0.5, 0.6) is 0 Å². The number of carbonyl (C=O) groups excluding carboxylic acids is 2. The van der Waals surface area contributed by atoms with E-state index in [9.17, 15) is 9.59 Å². The highest BCUT2D eigenvalue weighted by atomic mass is 35.5. The maximum absolute atomic E-state index is 12.2. The molecule has 0 fully saturated rings. The lowest BCUT2D eigenvalue weighted by Crippen LogP contribution is -2.32. The number of hydrogen-bond acceptors (Lipinski definition) is 4. The van der Waals surface area contributed by atoms with Crippen molar-refractivity contribution in [2.24, 2.45) is 0 Å². The quantitative estimate of drug-likeness (QED) is 0.859. The summed E-state index contributed by atoms with van der Waals surface area (Å²) < 4.78 is 5.24. The summed E-state index contributed by atoms with van der Waals surface area (Å²) in [6.07, 6.45) is 2.49. The van der Waals surface area contributed by atoms with Gasteiger partial charge in [-0.2, -0.15) is 0 Å². The summed E-state index contributed by atoms with van der Waals surface area (Å²) in [5, 5.41) is 3.27. The van der Waals surface area contributed by atoms with Crippen molar-refractivity contribution in [2.75, 3.05) is 5.32 Å². The highest BCUT2D eigenvalue weighted by Crippen LogP contribution is 2.15. The summed E-state index contributed by atoms with van der Waals surface area (Å²) in [6.45, 7) is 1.77. The lowest BCUT2D eigenvalue weighted by molar-refractivity contribution is -0.124. The van der Waals surface area contributed by atoms with Crippen LogP contribution in [0.3, 0.4) is 0 Å². The molecule has 1 aromatic carbocycles. The summed E-state index contributed by atoms with van der Waals surface area (Å²) in [5.74, 6) is -0.937. The molecule has 1 aromatic heterocycles. The van der Waals surface area contributed by atoms with Gasteiger partial charge in [0.25, 0.3) is 5.91 Å². The number of aromatic nitrogens is 1. The molecule has 2 rings (SSSR count). The topological polar surface area (TPSA) is 68.3 Å². The molecule has 114 valence electrons. The summed E-state index contributed by atoms with van der Waals surface area (Å²) in [7, 11) is 0. The zero-order chi connectivity index (χ0) is 15.9. The standard InChI is InChI=1S/C16H15ClN2O3/c1-2-14(22-16(21)11-7-9-18-10-8-11)15(20)19-13-5-3-12(17)4-6-13/h3-10,14H,2H2,1H3,(H,19,20). The van der Waals surface area contributed by atoms with Gasteiger partial charge >= 0.3 is 5.97 Å². The van der Waals surface area contributed by atoms with Gasteiger partial charge in [0.2, 0.25) is 0 Å². The molecule has 1 amide bonds. The molecule has 0 saturated carbocycles. The van der Waals surface area contributed by atoms with Crippen LogP contribution in [0.25, 0.3) is 0 Å². The van der Waals surface area contributed by atoms with Crippen LogP contribution in [-0.2, 0) is 9.53 Å². The molecule has 0 bridgehead atoms. The molecule has 1 atom stereocenters. The number of nitrogens with zero attached hydrogens (tertiary/aromatic N) is 1. The molecule has 0 saturated heterocycles. The van der Waals surface area contributed by atoms with Gasteiger partial charge in [0.05, 0.1) is 5.56 Å². The molecule has 5 nitrogen and oxygen atoms in total. The van der Waals surface area contributed by atoms with E-state index in [-0.39, 0.29) is 5.91 Å². The van der Waals surface area contributed by atoms with Gasteiger partial charge < -0.3 is 10.1 Å². The van der Waals surface area contributed by atoms with Crippen LogP contribution in [0.4, 0.5) is 5.69 Å². The molecule has 1 unspecified atom stereocenters. The third kappa shape index (κ3) is 4.30. The number of rotatable bonds is 5. The molecule has 0 aliphatic carbocycles. The Kier molecular flexibility index (Phi) is 5.49. The largest absolute Gasteiger partial charge is 0.449 e. The van der Waals surface area contributed by atoms with Crippen LogP contribution in [0.15, 0.2) is 48.8 Å². The number of carbonyl (C=O) groups is 2. The summed E-state index contributed by atoms with van der Waals surface area (Å²) in [5.41, 5.74) is 0.945. The van der Waals surface area contributed by atoms with Crippen LogP contribution in [0.1, 0.15) is 23.7 Å². The van der Waals surface area contributed by atoms with Gasteiger partial charge in [-0.3, -0.25) is 9.78 Å². The van der Waals surface area contributed by atoms with Crippen molar-refractivity contribution in [2.45, 2.75) is 19.4 Å². The predicted octanol–water partition coefficient (Wildman–Crippen LogP) is 3.31. The van der Waals surface area contributed by atoms with Crippen molar-refractivity contribution in [3.63, 3.8) is 0 Å². The van der Waals surface area contributed by atoms with E-state index in [2.05, 4.69) is 10.3 Å². The Balaban J connectivity index is 2.00. The van der Waals surface area contributed by atoms with Crippen molar-refractivity contribution in [3.8, 4) is 0 Å². The van der Waals surface area contributed by atoms with Gasteiger partial charge in [-0.15, -0.1) is 0 Å². The fraction of sp³-hybridized carbons (Fsp3) is 0.188. The predicted molar refractivity (Wildman–Crippen MR) is 83.8 cm³/mol. The van der Waals surface area contributed by atoms with Gasteiger partial charge in [0.15, 0.2) is 6.10 Å². The average molecular weight is 319 g/mol. The van der Waals surface area contributed by atoms with E-state index in [1.165, 1.54) is 24.5 Å². The smallest absolute Gasteiger partial charge is 0.339 e. The van der Waals surface area contributed by atoms with Crippen molar-refractivity contribution in [3.05, 3.63) is 59.4 Å². The highest BCUT2D eigenvalue weighted by molar-refractivity contribution is 6.30. The molecule has 1 heterocycles. The number of pyridine rings is 1. The molecule has 0 aliphatic heterocycles. The van der Waals surface area contributed by atoms with E-state index in [0.717, 1.165) is 0 Å². The van der Waals surface area contributed by atoms with Crippen molar-refractivity contribution >= 4 is 29.2 Å². The summed E-state index contributed by atoms with van der Waals surface area (Å²) in [4.78, 5) is 28.0. The van der Waals surface area contributed by atoms with E-state index in [0.29, 0.717) is 22.7 Å². The van der Waals surface area contributed by atoms with Gasteiger partial charge in [-0.1, -0.05) is 18.5 Å². The lowest BCUT2D eigenvalue weighted by atomic mass is 10.2. The molecule has 2 aromatic rings. The third-order valence-corrected chi connectivity index (χ3v) is 3.19. The minimum absolute atomic E-state index is 0.354. The number of amides is 1. The summed E-state index contributed by atoms with van der Waals surface area (Å²) >= 11 is 5.79. The first-order valence-corrected chi connectivity index (χ1v) is 7.15. The Bertz CT molecular complexity index is 644. The Morgan fingerprint density at radius 2 is 1.82 bits per heavy atom. The van der Waals surface area contributed by atoms with E-state index in [1.807, 2.05) is 0 Å². The van der Waals surface area contributed by atoms with E-state index < -0.39 is 12.1 Å². The number of nitrogens with one attached hydrogen (secondary N) is 1. The molecule has 0 spiro atoms. The second kappa shape index (κ2) is 7.56. The van der Waals surface area contributed by atoms with Crippen LogP contribution in [0, 0.1) is 0 Å². The molecule has 0 aliphatic rings. The normalized spacial score (nSPS) is 11.5. The maximum atomic E-state index is 12.2. The first-order chi connectivity index (χ1) is 10.6. The van der Waals surface area contributed by atoms with E-state index in [4.69, 9.17) is 16.3 Å². The van der Waals surface area contributed by atoms with E-state index in [1.54, 1.807) is 31.2 Å². The molecule has 0 radical (unpaired) electrons. The SMILES string of the molecule is CCC(OC(=O)c1ccncc1)C(=O)Nc1ccc(Cl)cc1. The third-order valence-electron chi connectivity index (χ3n) is 2.94. The van der Waals surface area contributed by atoms with Gasteiger partial charge in [-0.25, -0.2) is 4.79 Å². The number of anilines is 1. The Hall–Kier alpha value is -2.40. The first kappa shape index (κ1) is 16.0. The number of halogens is 1. The van der Waals surface area contributed by atoms with Crippen LogP contribution in [-0.4, -0.2) is 23.0 Å². The van der Waals surface area contributed by atoms with Crippen molar-refractivity contribution < 1.29 is 14.3 Å². The zero-order valence-electron chi connectivity index (χ0n) is 12.0. The van der Waals surface area contributed by atoms with Gasteiger partial charge in [0.1, 0.15) is 0 Å². The highest BCUT2D eigenvalue weighted by Gasteiger charge is 2.22. The number of hydrogen-bond donors (Lipinski definition) is 1. The molecule has 22 heavy (non-hydrogen) atoms. The second-order valence-corrected chi connectivity index (χ2v) is 4.97. The molecular weight excluding hydrogens is 304 g/mol. The van der Waals surface area contributed by atoms with Crippen LogP contribution in [0.2, 0.25) is 5.02 Å². The fourth-order valence-corrected chi connectivity index (χ4v) is 1.89. The number of ether oxygens (including phenoxy) is 1. The monoisotopic (exact) mass is 318 g/mol.